The minimum Gasteiger partial charge on any atom is -0.350 e. The Morgan fingerprint density at radius 1 is 1.25 bits per heavy atom. The second kappa shape index (κ2) is 7.42. The molecule has 1 amide bonds. The molecular weight excluding hydrogens is 320 g/mol. The van der Waals surface area contributed by atoms with Crippen LogP contribution >= 0.6 is 11.3 Å². The zero-order chi connectivity index (χ0) is 16.9. The van der Waals surface area contributed by atoms with Crippen LogP contribution in [0.1, 0.15) is 21.3 Å². The lowest BCUT2D eigenvalue weighted by Gasteiger charge is -2.23. The standard InChI is InChI=1S/C18H20N4OS/c1-22(2)15(16-9-6-10-24-16)12-19-18(23)14-11-20-21-17(14)13-7-4-3-5-8-13/h3-11,15H,12H2,1-2H3,(H,19,23)(H,20,21). The number of likely N-dealkylation sites (N-methyl/N-ethyl adjacent to an activating group) is 1. The lowest BCUT2D eigenvalue weighted by atomic mass is 10.1. The number of aromatic amines is 1. The number of hydrogen-bond acceptors (Lipinski definition) is 4. The molecule has 3 rings (SSSR count). The van der Waals surface area contributed by atoms with Crippen LogP contribution in [-0.4, -0.2) is 41.6 Å². The molecule has 0 aliphatic rings. The first-order valence-corrected chi connectivity index (χ1v) is 8.61. The predicted molar refractivity (Wildman–Crippen MR) is 97.1 cm³/mol. The number of hydrogen-bond donors (Lipinski definition) is 2. The first kappa shape index (κ1) is 16.4. The van der Waals surface area contributed by atoms with Gasteiger partial charge in [-0.1, -0.05) is 36.4 Å². The topological polar surface area (TPSA) is 61.0 Å². The third-order valence-electron chi connectivity index (χ3n) is 3.90. The van der Waals surface area contributed by atoms with Crippen molar-refractivity contribution in [2.24, 2.45) is 0 Å². The van der Waals surface area contributed by atoms with Crippen LogP contribution in [0.3, 0.4) is 0 Å². The first-order valence-electron chi connectivity index (χ1n) is 7.73. The summed E-state index contributed by atoms with van der Waals surface area (Å²) >= 11 is 1.70. The van der Waals surface area contributed by atoms with E-state index in [1.807, 2.05) is 50.5 Å². The summed E-state index contributed by atoms with van der Waals surface area (Å²) < 4.78 is 0. The number of aromatic nitrogens is 2. The number of nitrogens with one attached hydrogen (secondary N) is 2. The summed E-state index contributed by atoms with van der Waals surface area (Å²) in [6.45, 7) is 0.547. The Hall–Kier alpha value is -2.44. The average molecular weight is 340 g/mol. The molecule has 0 saturated carbocycles. The van der Waals surface area contributed by atoms with Crippen molar-refractivity contribution in [2.45, 2.75) is 6.04 Å². The zero-order valence-electron chi connectivity index (χ0n) is 13.7. The highest BCUT2D eigenvalue weighted by Crippen LogP contribution is 2.23. The van der Waals surface area contributed by atoms with Gasteiger partial charge in [0.2, 0.25) is 0 Å². The molecule has 1 unspecified atom stereocenters. The van der Waals surface area contributed by atoms with Gasteiger partial charge in [-0.3, -0.25) is 9.89 Å². The van der Waals surface area contributed by atoms with E-state index in [-0.39, 0.29) is 11.9 Å². The van der Waals surface area contributed by atoms with Gasteiger partial charge in [-0.2, -0.15) is 5.10 Å². The summed E-state index contributed by atoms with van der Waals surface area (Å²) in [6.07, 6.45) is 1.58. The number of nitrogens with zero attached hydrogens (tertiary/aromatic N) is 2. The van der Waals surface area contributed by atoms with Gasteiger partial charge in [-0.25, -0.2) is 0 Å². The van der Waals surface area contributed by atoms with E-state index in [0.29, 0.717) is 12.1 Å². The fraction of sp³-hybridized carbons (Fsp3) is 0.222. The van der Waals surface area contributed by atoms with E-state index in [9.17, 15) is 4.79 Å². The van der Waals surface area contributed by atoms with Crippen molar-refractivity contribution in [3.63, 3.8) is 0 Å². The van der Waals surface area contributed by atoms with Crippen LogP contribution in [0.15, 0.2) is 54.0 Å². The molecule has 24 heavy (non-hydrogen) atoms. The van der Waals surface area contributed by atoms with Gasteiger partial charge in [0.1, 0.15) is 0 Å². The van der Waals surface area contributed by atoms with Gasteiger partial charge in [0.25, 0.3) is 5.91 Å². The van der Waals surface area contributed by atoms with Crippen molar-refractivity contribution in [1.82, 2.24) is 20.4 Å². The summed E-state index contributed by atoms with van der Waals surface area (Å²) in [7, 11) is 4.04. The predicted octanol–water partition coefficient (Wildman–Crippen LogP) is 3.17. The van der Waals surface area contributed by atoms with E-state index in [1.165, 1.54) is 4.88 Å². The van der Waals surface area contributed by atoms with Gasteiger partial charge in [-0.15, -0.1) is 11.3 Å². The molecule has 0 spiro atoms. The monoisotopic (exact) mass is 340 g/mol. The lowest BCUT2D eigenvalue weighted by molar-refractivity contribution is 0.0943. The van der Waals surface area contributed by atoms with Crippen molar-refractivity contribution in [1.29, 1.82) is 0 Å². The molecule has 0 saturated heterocycles. The van der Waals surface area contributed by atoms with Crippen LogP contribution in [0.25, 0.3) is 11.3 Å². The highest BCUT2D eigenvalue weighted by molar-refractivity contribution is 7.10. The maximum atomic E-state index is 12.6. The van der Waals surface area contributed by atoms with Crippen molar-refractivity contribution in [3.05, 3.63) is 64.5 Å². The zero-order valence-corrected chi connectivity index (χ0v) is 14.5. The molecule has 1 atom stereocenters. The molecule has 3 aromatic rings. The Balaban J connectivity index is 1.73. The average Bonchev–Trinajstić information content (AvgIpc) is 3.27. The molecule has 2 heterocycles. The first-order chi connectivity index (χ1) is 11.7. The van der Waals surface area contributed by atoms with E-state index in [0.717, 1.165) is 11.3 Å². The van der Waals surface area contributed by atoms with E-state index in [2.05, 4.69) is 31.9 Å². The van der Waals surface area contributed by atoms with Crippen LogP contribution in [0.4, 0.5) is 0 Å². The van der Waals surface area contributed by atoms with Gasteiger partial charge in [0.15, 0.2) is 0 Å². The van der Waals surface area contributed by atoms with Gasteiger partial charge in [0, 0.05) is 17.0 Å². The van der Waals surface area contributed by atoms with Crippen molar-refractivity contribution in [3.8, 4) is 11.3 Å². The van der Waals surface area contributed by atoms with Crippen LogP contribution < -0.4 is 5.32 Å². The minimum atomic E-state index is -0.119. The maximum absolute atomic E-state index is 12.6. The molecule has 0 fully saturated rings. The number of rotatable bonds is 6. The van der Waals surface area contributed by atoms with E-state index in [4.69, 9.17) is 0 Å². The molecular formula is C18H20N4OS. The molecule has 0 radical (unpaired) electrons. The van der Waals surface area contributed by atoms with Crippen LogP contribution in [-0.2, 0) is 0 Å². The van der Waals surface area contributed by atoms with E-state index in [1.54, 1.807) is 17.5 Å². The van der Waals surface area contributed by atoms with Gasteiger partial charge in [0.05, 0.1) is 23.5 Å². The lowest BCUT2D eigenvalue weighted by Crippen LogP contribution is -2.34. The van der Waals surface area contributed by atoms with E-state index >= 15 is 0 Å². The van der Waals surface area contributed by atoms with Gasteiger partial charge in [-0.05, 0) is 25.5 Å². The number of carbonyl (C=O) groups excluding carboxylic acids is 1. The molecule has 2 N–H and O–H groups in total. The fourth-order valence-corrected chi connectivity index (χ4v) is 3.51. The summed E-state index contributed by atoms with van der Waals surface area (Å²) in [5.74, 6) is -0.119. The van der Waals surface area contributed by atoms with Gasteiger partial charge < -0.3 is 10.2 Å². The molecule has 0 bridgehead atoms. The normalized spacial score (nSPS) is 12.3. The second-order valence-electron chi connectivity index (χ2n) is 5.73. The molecule has 2 aromatic heterocycles. The number of H-pyrrole nitrogens is 1. The van der Waals surface area contributed by atoms with Crippen molar-refractivity contribution >= 4 is 17.2 Å². The van der Waals surface area contributed by atoms with Crippen LogP contribution in [0, 0.1) is 0 Å². The molecule has 5 nitrogen and oxygen atoms in total. The highest BCUT2D eigenvalue weighted by atomic mass is 32.1. The summed E-state index contributed by atoms with van der Waals surface area (Å²) in [5.41, 5.74) is 2.25. The number of benzene rings is 1. The largest absolute Gasteiger partial charge is 0.350 e. The number of thiophene rings is 1. The van der Waals surface area contributed by atoms with Gasteiger partial charge >= 0.3 is 0 Å². The Morgan fingerprint density at radius 2 is 2.04 bits per heavy atom. The van der Waals surface area contributed by atoms with Crippen LogP contribution in [0.5, 0.6) is 0 Å². The van der Waals surface area contributed by atoms with Crippen LogP contribution in [0.2, 0.25) is 0 Å². The third-order valence-corrected chi connectivity index (χ3v) is 4.87. The summed E-state index contributed by atoms with van der Waals surface area (Å²) in [4.78, 5) is 16.0. The molecule has 0 aliphatic heterocycles. The Labute approximate surface area is 145 Å². The quantitative estimate of drug-likeness (QED) is 0.724. The Kier molecular flexibility index (Phi) is 5.08. The number of amides is 1. The Bertz CT molecular complexity index is 780. The third kappa shape index (κ3) is 3.55. The van der Waals surface area contributed by atoms with Crippen molar-refractivity contribution < 1.29 is 4.79 Å². The fourth-order valence-electron chi connectivity index (χ4n) is 2.59. The minimum absolute atomic E-state index is 0.119. The molecule has 6 heteroatoms. The summed E-state index contributed by atoms with van der Waals surface area (Å²) in [5, 5.41) is 12.0. The second-order valence-corrected chi connectivity index (χ2v) is 6.71. The SMILES string of the molecule is CN(C)C(CNC(=O)c1cn[nH]c1-c1ccccc1)c1cccs1. The smallest absolute Gasteiger partial charge is 0.255 e. The Morgan fingerprint density at radius 3 is 2.71 bits per heavy atom. The van der Waals surface area contributed by atoms with Crippen molar-refractivity contribution in [2.75, 3.05) is 20.6 Å². The summed E-state index contributed by atoms with van der Waals surface area (Å²) in [6, 6.07) is 14.0. The molecule has 0 aliphatic carbocycles. The highest BCUT2D eigenvalue weighted by Gasteiger charge is 2.19. The number of carbonyl (C=O) groups is 1. The van der Waals surface area contributed by atoms with E-state index < -0.39 is 0 Å². The maximum Gasteiger partial charge on any atom is 0.255 e. The molecule has 124 valence electrons. The molecule has 1 aromatic carbocycles.